The molecule has 0 radical (unpaired) electrons. The van der Waals surface area contributed by atoms with Crippen molar-refractivity contribution < 1.29 is 25.8 Å². The van der Waals surface area contributed by atoms with Crippen LogP contribution in [0.1, 0.15) is 111 Å². The molecule has 9 rings (SSSR count). The number of ether oxygens (including phenoxy) is 1. The summed E-state index contributed by atoms with van der Waals surface area (Å²) in [5.41, 5.74) is 12.9. The summed E-state index contributed by atoms with van der Waals surface area (Å²) in [4.78, 5) is 4.84. The van der Waals surface area contributed by atoms with Crippen LogP contribution in [-0.4, -0.2) is 15.6 Å². The van der Waals surface area contributed by atoms with Crippen molar-refractivity contribution in [3.8, 4) is 34.5 Å². The van der Waals surface area contributed by atoms with Gasteiger partial charge >= 0.3 is 32.8 Å². The van der Waals surface area contributed by atoms with Gasteiger partial charge in [0.2, 0.25) is 5.69 Å². The van der Waals surface area contributed by atoms with Crippen molar-refractivity contribution in [3.63, 3.8) is 0 Å². The Labute approximate surface area is 404 Å². The van der Waals surface area contributed by atoms with E-state index in [0.29, 0.717) is 17.1 Å². The molecule has 66 heavy (non-hydrogen) atoms. The summed E-state index contributed by atoms with van der Waals surface area (Å²) in [5.74, 6) is 1.65. The van der Waals surface area contributed by atoms with Crippen LogP contribution in [0, 0.1) is 23.5 Å². The third-order valence-corrected chi connectivity index (χ3v) is 12.5. The summed E-state index contributed by atoms with van der Waals surface area (Å²) >= 11 is 0. The standard InChI is InChI=1S/C59H57N5O.Pt/c1-56(2,3)40-19-15-18-38(28-40)48-23-17-25-51-55(48)63(45-31-42(58(7,8)9)30-43(32-45)59(10,11)12)37-62(51)44-20-16-21-46(34-44)65-47-29-39(36-60)54-49-22-13-14-24-50(49)64(52(54)35-47)53-33-41(26-27-61-53)57(4,5)6;/h13-33H,1-12H3;/q;+2. The first-order chi connectivity index (χ1) is 30.7. The van der Waals surface area contributed by atoms with Gasteiger partial charge in [-0.05, 0) is 89.3 Å². The maximum absolute atomic E-state index is 10.6. The fourth-order valence-electron chi connectivity index (χ4n) is 8.63. The van der Waals surface area contributed by atoms with E-state index in [9.17, 15) is 5.26 Å². The van der Waals surface area contributed by atoms with Gasteiger partial charge in [-0.25, -0.2) is 4.98 Å². The summed E-state index contributed by atoms with van der Waals surface area (Å²) in [7, 11) is 0. The molecule has 8 aromatic rings. The van der Waals surface area contributed by atoms with Gasteiger partial charge in [-0.3, -0.25) is 0 Å². The van der Waals surface area contributed by atoms with Gasteiger partial charge in [-0.2, -0.15) is 11.3 Å². The zero-order chi connectivity index (χ0) is 46.2. The van der Waals surface area contributed by atoms with Gasteiger partial charge in [0.05, 0.1) is 11.6 Å². The maximum Gasteiger partial charge on any atom is 2.00 e. The molecule has 0 spiro atoms. The SMILES string of the molecule is CC(C)(C)c1cccc(-c2cccc3c2[N+](c2cc(C(C)(C)C)cc(C(C)(C)C)c2)=C=[N+]3c2[c-]c(Oc3[c-]c4c(c(C#N)c3)c3ccccc3n4-c3cc(C(C)(C)C)ccn3)ccc2)c1.[Pt+2]. The zero-order valence-electron chi connectivity index (χ0n) is 40.1. The molecule has 0 bridgehead atoms. The summed E-state index contributed by atoms with van der Waals surface area (Å²) in [6, 6.07) is 55.8. The Bertz CT molecular complexity index is 3300. The van der Waals surface area contributed by atoms with Crippen LogP contribution in [0.25, 0.3) is 38.8 Å². The Morgan fingerprint density at radius 2 is 1.27 bits per heavy atom. The fourth-order valence-corrected chi connectivity index (χ4v) is 8.63. The average molecular weight is 1050 g/mol. The molecule has 7 heteroatoms. The van der Waals surface area contributed by atoms with Gasteiger partial charge in [0, 0.05) is 41.4 Å². The molecule has 0 saturated carbocycles. The van der Waals surface area contributed by atoms with Crippen LogP contribution in [0.5, 0.6) is 11.5 Å². The van der Waals surface area contributed by atoms with E-state index in [0.717, 1.165) is 67.1 Å². The number of rotatable bonds is 6. The van der Waals surface area contributed by atoms with Crippen molar-refractivity contribution in [1.29, 1.82) is 5.26 Å². The molecular weight excluding hydrogens is 990 g/mol. The monoisotopic (exact) mass is 1050 g/mol. The minimum Gasteiger partial charge on any atom is -0.509 e. The van der Waals surface area contributed by atoms with Gasteiger partial charge in [-0.15, -0.1) is 18.2 Å². The van der Waals surface area contributed by atoms with E-state index in [2.05, 4.69) is 206 Å². The number of benzene rings is 6. The number of para-hydroxylation sites is 2. The number of hydrogen-bond acceptors (Lipinski definition) is 3. The fraction of sp³-hybridized carbons (Fsp3) is 0.271. The molecule has 6 nitrogen and oxygen atoms in total. The minimum atomic E-state index is -0.0838. The number of fused-ring (bicyclic) bond motifs is 4. The van der Waals surface area contributed by atoms with Gasteiger partial charge in [0.15, 0.2) is 0 Å². The molecule has 0 unspecified atom stereocenters. The van der Waals surface area contributed by atoms with E-state index in [1.807, 2.05) is 36.5 Å². The average Bonchev–Trinajstić information content (AvgIpc) is 3.82. The molecule has 0 amide bonds. The van der Waals surface area contributed by atoms with Crippen LogP contribution in [0.4, 0.5) is 22.7 Å². The van der Waals surface area contributed by atoms with Gasteiger partial charge in [-0.1, -0.05) is 165 Å². The van der Waals surface area contributed by atoms with Gasteiger partial charge < -0.3 is 9.30 Å². The van der Waals surface area contributed by atoms with E-state index in [1.54, 1.807) is 6.07 Å². The van der Waals surface area contributed by atoms with Crippen molar-refractivity contribution in [2.24, 2.45) is 0 Å². The molecular formula is C59H57N5OPt+2. The maximum atomic E-state index is 10.6. The van der Waals surface area contributed by atoms with E-state index in [4.69, 9.17) is 9.72 Å². The van der Waals surface area contributed by atoms with E-state index >= 15 is 0 Å². The minimum absolute atomic E-state index is 0. The summed E-state index contributed by atoms with van der Waals surface area (Å²) in [5, 5.41) is 12.4. The van der Waals surface area contributed by atoms with Crippen LogP contribution in [0.15, 0.2) is 128 Å². The molecule has 1 aliphatic rings. The second kappa shape index (κ2) is 16.8. The Morgan fingerprint density at radius 3 is 1.95 bits per heavy atom. The predicted octanol–water partition coefficient (Wildman–Crippen LogP) is 15.2. The first kappa shape index (κ1) is 46.2. The van der Waals surface area contributed by atoms with E-state index in [-0.39, 0.29) is 42.7 Å². The first-order valence-corrected chi connectivity index (χ1v) is 22.5. The van der Waals surface area contributed by atoms with Crippen LogP contribution in [-0.2, 0) is 42.7 Å². The number of hydrogen-bond donors (Lipinski definition) is 0. The molecule has 332 valence electrons. The molecule has 0 N–H and O–H groups in total. The summed E-state index contributed by atoms with van der Waals surface area (Å²) in [6.45, 7) is 27.0. The van der Waals surface area contributed by atoms with Crippen molar-refractivity contribution in [1.82, 2.24) is 18.7 Å². The quantitative estimate of drug-likeness (QED) is 0.123. The van der Waals surface area contributed by atoms with Crippen molar-refractivity contribution in [2.75, 3.05) is 0 Å². The topological polar surface area (TPSA) is 56.9 Å². The molecule has 0 atom stereocenters. The van der Waals surface area contributed by atoms with Crippen molar-refractivity contribution in [2.45, 2.75) is 105 Å². The molecule has 0 fully saturated rings. The third-order valence-electron chi connectivity index (χ3n) is 12.5. The second-order valence-corrected chi connectivity index (χ2v) is 21.4. The van der Waals surface area contributed by atoms with Gasteiger partial charge in [0.1, 0.15) is 11.5 Å². The molecule has 0 saturated heterocycles. The number of pyridine rings is 1. The summed E-state index contributed by atoms with van der Waals surface area (Å²) < 4.78 is 13.1. The largest absolute Gasteiger partial charge is 2.00 e. The van der Waals surface area contributed by atoms with Crippen LogP contribution < -0.4 is 13.9 Å². The number of nitrogens with zero attached hydrogens (tertiary/aromatic N) is 5. The first-order valence-electron chi connectivity index (χ1n) is 22.5. The second-order valence-electron chi connectivity index (χ2n) is 21.4. The Balaban J connectivity index is 0.00000592. The smallest absolute Gasteiger partial charge is 0.509 e. The van der Waals surface area contributed by atoms with Crippen molar-refractivity contribution in [3.05, 3.63) is 167 Å². The van der Waals surface area contributed by atoms with Crippen LogP contribution in [0.3, 0.4) is 0 Å². The van der Waals surface area contributed by atoms with Gasteiger partial charge in [0.25, 0.3) is 5.69 Å². The Morgan fingerprint density at radius 1 is 0.621 bits per heavy atom. The third kappa shape index (κ3) is 8.60. The van der Waals surface area contributed by atoms with Crippen molar-refractivity contribution >= 4 is 50.6 Å². The molecule has 3 heterocycles. The number of nitriles is 1. The van der Waals surface area contributed by atoms with E-state index < -0.39 is 0 Å². The molecule has 2 aromatic heterocycles. The number of aromatic nitrogens is 2. The van der Waals surface area contributed by atoms with E-state index in [1.165, 1.54) is 16.7 Å². The Hall–Kier alpha value is -6.37. The molecule has 6 aromatic carbocycles. The normalized spacial score (nSPS) is 13.0. The van der Waals surface area contributed by atoms with Crippen LogP contribution >= 0.6 is 0 Å². The Kier molecular flexibility index (Phi) is 11.8. The molecule has 0 aliphatic carbocycles. The van der Waals surface area contributed by atoms with Crippen LogP contribution in [0.2, 0.25) is 0 Å². The molecule has 1 aliphatic heterocycles. The summed E-state index contributed by atoms with van der Waals surface area (Å²) in [6.07, 6.45) is 1.85. The zero-order valence-corrected chi connectivity index (χ0v) is 42.4. The predicted molar refractivity (Wildman–Crippen MR) is 269 cm³/mol.